The molecule has 3 aromatic rings. The van der Waals surface area contributed by atoms with Crippen LogP contribution in [0.2, 0.25) is 0 Å². The van der Waals surface area contributed by atoms with Crippen molar-refractivity contribution >= 4 is 22.3 Å². The molecule has 0 saturated carbocycles. The van der Waals surface area contributed by atoms with Crippen molar-refractivity contribution in [1.82, 2.24) is 4.98 Å². The van der Waals surface area contributed by atoms with Gasteiger partial charge in [-0.2, -0.15) is 0 Å². The maximum absolute atomic E-state index is 11.1. The fourth-order valence-corrected chi connectivity index (χ4v) is 2.40. The molecule has 2 N–H and O–H groups in total. The third-order valence-electron chi connectivity index (χ3n) is 3.62. The van der Waals surface area contributed by atoms with Crippen molar-refractivity contribution in [2.75, 3.05) is 11.9 Å². The van der Waals surface area contributed by atoms with Crippen LogP contribution in [0.4, 0.5) is 11.4 Å². The molecule has 2 aromatic heterocycles. The van der Waals surface area contributed by atoms with E-state index in [2.05, 4.69) is 10.3 Å². The molecule has 0 saturated heterocycles. The van der Waals surface area contributed by atoms with E-state index in [1.54, 1.807) is 43.5 Å². The lowest BCUT2D eigenvalue weighted by atomic mass is 10.0. The first-order valence-electron chi connectivity index (χ1n) is 7.01. The number of rotatable bonds is 5. The van der Waals surface area contributed by atoms with Gasteiger partial charge in [-0.15, -0.1) is 0 Å². The maximum Gasteiger partial charge on any atom is 0.278 e. The number of furan rings is 1. The van der Waals surface area contributed by atoms with Crippen LogP contribution in [-0.2, 0) is 5.60 Å². The van der Waals surface area contributed by atoms with Crippen molar-refractivity contribution in [1.29, 1.82) is 0 Å². The van der Waals surface area contributed by atoms with Crippen LogP contribution in [0.3, 0.4) is 0 Å². The van der Waals surface area contributed by atoms with Crippen LogP contribution in [-0.4, -0.2) is 21.6 Å². The highest BCUT2D eigenvalue weighted by Gasteiger charge is 2.26. The van der Waals surface area contributed by atoms with Gasteiger partial charge in [-0.25, -0.2) is 0 Å². The van der Waals surface area contributed by atoms with Gasteiger partial charge in [0.15, 0.2) is 0 Å². The Labute approximate surface area is 131 Å². The standard InChI is InChI=1S/C16H15N3O4/c1-16(20,14-5-3-9-23-14)10-18-12-6-7-13(19(21)22)11-4-2-8-17-15(11)12/h2-9,18,20H,10H2,1H3. The third kappa shape index (κ3) is 2.86. The van der Waals surface area contributed by atoms with Gasteiger partial charge in [-0.3, -0.25) is 15.1 Å². The van der Waals surface area contributed by atoms with Crippen molar-refractivity contribution in [2.45, 2.75) is 12.5 Å². The molecule has 7 heteroatoms. The number of nitro groups is 1. The number of anilines is 1. The summed E-state index contributed by atoms with van der Waals surface area (Å²) in [5.74, 6) is 0.434. The molecule has 0 radical (unpaired) electrons. The van der Waals surface area contributed by atoms with Crippen molar-refractivity contribution in [2.24, 2.45) is 0 Å². The number of benzene rings is 1. The fraction of sp³-hybridized carbons (Fsp3) is 0.188. The number of aliphatic hydroxyl groups is 1. The zero-order chi connectivity index (χ0) is 16.4. The summed E-state index contributed by atoms with van der Waals surface area (Å²) in [7, 11) is 0. The molecule has 0 aliphatic rings. The van der Waals surface area contributed by atoms with Crippen LogP contribution in [0.15, 0.2) is 53.3 Å². The predicted octanol–water partition coefficient (Wildman–Crippen LogP) is 3.06. The van der Waals surface area contributed by atoms with Gasteiger partial charge in [0.05, 0.1) is 28.8 Å². The Balaban J connectivity index is 1.92. The van der Waals surface area contributed by atoms with E-state index in [-0.39, 0.29) is 12.2 Å². The molecule has 3 rings (SSSR count). The van der Waals surface area contributed by atoms with E-state index in [0.717, 1.165) is 0 Å². The van der Waals surface area contributed by atoms with Gasteiger partial charge < -0.3 is 14.8 Å². The molecule has 7 nitrogen and oxygen atoms in total. The second kappa shape index (κ2) is 5.69. The van der Waals surface area contributed by atoms with E-state index in [1.165, 1.54) is 12.3 Å². The van der Waals surface area contributed by atoms with E-state index < -0.39 is 10.5 Å². The van der Waals surface area contributed by atoms with Gasteiger partial charge in [0.2, 0.25) is 0 Å². The van der Waals surface area contributed by atoms with Crippen molar-refractivity contribution < 1.29 is 14.4 Å². The molecule has 0 aliphatic heterocycles. The summed E-state index contributed by atoms with van der Waals surface area (Å²) < 4.78 is 5.23. The van der Waals surface area contributed by atoms with Crippen LogP contribution in [0.5, 0.6) is 0 Å². The third-order valence-corrected chi connectivity index (χ3v) is 3.62. The van der Waals surface area contributed by atoms with E-state index in [1.807, 2.05) is 0 Å². The number of hydrogen-bond donors (Lipinski definition) is 2. The lowest BCUT2D eigenvalue weighted by Crippen LogP contribution is -2.30. The molecule has 23 heavy (non-hydrogen) atoms. The molecule has 0 bridgehead atoms. The molecule has 2 heterocycles. The summed E-state index contributed by atoms with van der Waals surface area (Å²) in [6.07, 6.45) is 3.06. The quantitative estimate of drug-likeness (QED) is 0.554. The average molecular weight is 313 g/mol. The highest BCUT2D eigenvalue weighted by Crippen LogP contribution is 2.30. The SMILES string of the molecule is CC(O)(CNc1ccc([N+](=O)[O-])c2cccnc12)c1ccco1. The molecule has 0 aliphatic carbocycles. The number of nitro benzene ring substituents is 1. The van der Waals surface area contributed by atoms with Gasteiger partial charge in [0.25, 0.3) is 5.69 Å². The summed E-state index contributed by atoms with van der Waals surface area (Å²) in [6, 6.07) is 9.70. The van der Waals surface area contributed by atoms with Crippen LogP contribution >= 0.6 is 0 Å². The fourth-order valence-electron chi connectivity index (χ4n) is 2.40. The Morgan fingerprint density at radius 3 is 2.87 bits per heavy atom. The Bertz CT molecular complexity index is 844. The van der Waals surface area contributed by atoms with Crippen molar-refractivity contribution in [3.8, 4) is 0 Å². The van der Waals surface area contributed by atoms with Crippen LogP contribution in [0.25, 0.3) is 10.9 Å². The molecular formula is C16H15N3O4. The Hall–Kier alpha value is -2.93. The first-order valence-corrected chi connectivity index (χ1v) is 7.01. The van der Waals surface area contributed by atoms with Crippen LogP contribution in [0, 0.1) is 10.1 Å². The van der Waals surface area contributed by atoms with Crippen molar-refractivity contribution in [3.63, 3.8) is 0 Å². The van der Waals surface area contributed by atoms with Crippen molar-refractivity contribution in [3.05, 3.63) is 64.7 Å². The van der Waals surface area contributed by atoms with E-state index >= 15 is 0 Å². The molecule has 1 aromatic carbocycles. The number of hydrogen-bond acceptors (Lipinski definition) is 6. The molecular weight excluding hydrogens is 298 g/mol. The minimum Gasteiger partial charge on any atom is -0.466 e. The van der Waals surface area contributed by atoms with E-state index in [0.29, 0.717) is 22.4 Å². The number of fused-ring (bicyclic) bond motifs is 1. The second-order valence-electron chi connectivity index (χ2n) is 5.39. The number of aromatic nitrogens is 1. The Morgan fingerprint density at radius 1 is 1.35 bits per heavy atom. The zero-order valence-corrected chi connectivity index (χ0v) is 12.4. The summed E-state index contributed by atoms with van der Waals surface area (Å²) >= 11 is 0. The summed E-state index contributed by atoms with van der Waals surface area (Å²) in [5, 5.41) is 25.1. The van der Waals surface area contributed by atoms with Gasteiger partial charge in [0.1, 0.15) is 16.9 Å². The molecule has 1 atom stereocenters. The minimum absolute atomic E-state index is 0.00329. The first-order chi connectivity index (χ1) is 11.0. The molecule has 118 valence electrons. The van der Waals surface area contributed by atoms with Gasteiger partial charge in [-0.1, -0.05) is 0 Å². The molecule has 0 spiro atoms. The van der Waals surface area contributed by atoms with E-state index in [4.69, 9.17) is 4.42 Å². The van der Waals surface area contributed by atoms with E-state index in [9.17, 15) is 15.2 Å². The molecule has 1 unspecified atom stereocenters. The Morgan fingerprint density at radius 2 is 2.17 bits per heavy atom. The maximum atomic E-state index is 11.1. The summed E-state index contributed by atoms with van der Waals surface area (Å²) in [6.45, 7) is 1.80. The second-order valence-corrected chi connectivity index (χ2v) is 5.39. The first kappa shape index (κ1) is 15.0. The normalized spacial score (nSPS) is 13.7. The molecule has 0 fully saturated rings. The Kier molecular flexibility index (Phi) is 3.71. The number of non-ortho nitro benzene ring substituents is 1. The lowest BCUT2D eigenvalue weighted by Gasteiger charge is -2.22. The summed E-state index contributed by atoms with van der Waals surface area (Å²) in [5.41, 5.74) is -0.127. The topological polar surface area (TPSA) is 101 Å². The number of nitrogens with one attached hydrogen (secondary N) is 1. The molecule has 0 amide bonds. The number of nitrogens with zero attached hydrogens (tertiary/aromatic N) is 2. The smallest absolute Gasteiger partial charge is 0.278 e. The predicted molar refractivity (Wildman–Crippen MR) is 85.2 cm³/mol. The monoisotopic (exact) mass is 313 g/mol. The average Bonchev–Trinajstić information content (AvgIpc) is 3.07. The largest absolute Gasteiger partial charge is 0.466 e. The zero-order valence-electron chi connectivity index (χ0n) is 12.4. The highest BCUT2D eigenvalue weighted by atomic mass is 16.6. The highest BCUT2D eigenvalue weighted by molar-refractivity contribution is 5.96. The summed E-state index contributed by atoms with van der Waals surface area (Å²) in [4.78, 5) is 14.9. The van der Waals surface area contributed by atoms with Gasteiger partial charge >= 0.3 is 0 Å². The lowest BCUT2D eigenvalue weighted by molar-refractivity contribution is -0.383. The number of pyridine rings is 1. The minimum atomic E-state index is -1.22. The van der Waals surface area contributed by atoms with Crippen LogP contribution < -0.4 is 5.32 Å². The van der Waals surface area contributed by atoms with Gasteiger partial charge in [-0.05, 0) is 37.3 Å². The van der Waals surface area contributed by atoms with Crippen LogP contribution in [0.1, 0.15) is 12.7 Å². The van der Waals surface area contributed by atoms with Gasteiger partial charge in [0, 0.05) is 12.3 Å².